The molecule has 0 aromatic heterocycles. The van der Waals surface area contributed by atoms with Gasteiger partial charge in [-0.25, -0.2) is 0 Å². The topological polar surface area (TPSA) is 0 Å². The Morgan fingerprint density at radius 1 is 1.06 bits per heavy atom. The Balaban J connectivity index is 1.96. The number of hydrogen-bond donors (Lipinski definition) is 0. The van der Waals surface area contributed by atoms with Gasteiger partial charge in [0.2, 0.25) is 0 Å². The average molecular weight is 236 g/mol. The van der Waals surface area contributed by atoms with Gasteiger partial charge in [0.05, 0.1) is 0 Å². The highest BCUT2D eigenvalue weighted by Crippen LogP contribution is 2.31. The third-order valence-corrected chi connectivity index (χ3v) is 4.06. The number of hydrogen-bond acceptors (Lipinski definition) is 1. The largest absolute Gasteiger partial charge is 0.183 e. The van der Waals surface area contributed by atoms with E-state index in [4.69, 9.17) is 0 Å². The molecule has 0 nitrogen and oxygen atoms in total. The highest BCUT2D eigenvalue weighted by Gasteiger charge is 2.10. The van der Waals surface area contributed by atoms with E-state index in [9.17, 15) is 0 Å². The number of fused-ring (bicyclic) bond motifs is 1. The summed E-state index contributed by atoms with van der Waals surface area (Å²) in [4.78, 5) is 2.68. The first kappa shape index (κ1) is 10.7. The lowest BCUT2D eigenvalue weighted by Crippen LogP contribution is -2.10. The highest BCUT2D eigenvalue weighted by atomic mass is 32.2. The molecular weight excluding hydrogens is 223 g/mol. The zero-order chi connectivity index (χ0) is 11.7. The molecule has 82 valence electrons. The van der Waals surface area contributed by atoms with E-state index in [0.717, 1.165) is 7.28 Å². The molecule has 0 bridgehead atoms. The Kier molecular flexibility index (Phi) is 2.81. The van der Waals surface area contributed by atoms with Crippen molar-refractivity contribution in [3.8, 4) is 0 Å². The molecule has 2 heteroatoms. The molecule has 0 saturated heterocycles. The van der Waals surface area contributed by atoms with Crippen LogP contribution in [0, 0.1) is 6.92 Å². The van der Waals surface area contributed by atoms with Gasteiger partial charge < -0.3 is 0 Å². The first-order valence-corrected chi connectivity index (χ1v) is 6.67. The molecule has 2 aromatic rings. The third kappa shape index (κ3) is 2.18. The predicted octanol–water partition coefficient (Wildman–Crippen LogP) is 3.19. The normalized spacial score (nSPS) is 12.3. The van der Waals surface area contributed by atoms with Crippen LogP contribution in [-0.2, 0) is 0 Å². The van der Waals surface area contributed by atoms with Gasteiger partial charge in [-0.05, 0) is 30.7 Å². The van der Waals surface area contributed by atoms with Crippen LogP contribution >= 0.6 is 11.8 Å². The van der Waals surface area contributed by atoms with Crippen LogP contribution in [0.2, 0.25) is 0 Å². The van der Waals surface area contributed by atoms with Gasteiger partial charge in [0.15, 0.2) is 7.28 Å². The second-order valence-corrected chi connectivity index (χ2v) is 5.47. The average Bonchev–Trinajstić information content (AvgIpc) is 2.78. The molecule has 0 atom stereocenters. The standard InChI is InChI=1S/C15H13BS/c1-11-4-2-5-12(10-11)17-15-7-3-6-14-13(15)8-9-16-14/h2-10,16H,1H3. The Morgan fingerprint density at radius 3 is 2.82 bits per heavy atom. The maximum atomic E-state index is 2.24. The fourth-order valence-electron chi connectivity index (χ4n) is 2.16. The lowest BCUT2D eigenvalue weighted by Gasteiger charge is -2.07. The summed E-state index contributed by atoms with van der Waals surface area (Å²) in [5.41, 5.74) is 4.17. The summed E-state index contributed by atoms with van der Waals surface area (Å²) in [6.45, 7) is 2.14. The van der Waals surface area contributed by atoms with Gasteiger partial charge in [0.1, 0.15) is 0 Å². The summed E-state index contributed by atoms with van der Waals surface area (Å²) in [6, 6.07) is 15.3. The second-order valence-electron chi connectivity index (χ2n) is 4.35. The number of aryl methyl sites for hydroxylation is 1. The minimum atomic E-state index is 1.08. The molecule has 0 unspecified atom stereocenters. The summed E-state index contributed by atoms with van der Waals surface area (Å²) in [6.07, 6.45) is 2.24. The fraction of sp³-hybridized carbons (Fsp3) is 0.0667. The van der Waals surface area contributed by atoms with Crippen molar-refractivity contribution in [3.63, 3.8) is 0 Å². The van der Waals surface area contributed by atoms with Crippen LogP contribution in [0.5, 0.6) is 0 Å². The van der Waals surface area contributed by atoms with Crippen LogP contribution in [0.3, 0.4) is 0 Å². The van der Waals surface area contributed by atoms with Gasteiger partial charge in [-0.3, -0.25) is 0 Å². The van der Waals surface area contributed by atoms with Crippen molar-refractivity contribution < 1.29 is 0 Å². The first-order chi connectivity index (χ1) is 8.33. The van der Waals surface area contributed by atoms with Crippen LogP contribution in [0.15, 0.2) is 58.2 Å². The summed E-state index contributed by atoms with van der Waals surface area (Å²) in [5.74, 6) is 2.24. The lowest BCUT2D eigenvalue weighted by molar-refractivity contribution is 1.34. The van der Waals surface area contributed by atoms with Crippen molar-refractivity contribution in [2.75, 3.05) is 0 Å². The van der Waals surface area contributed by atoms with Crippen LogP contribution in [0.1, 0.15) is 11.1 Å². The summed E-state index contributed by atoms with van der Waals surface area (Å²) in [7, 11) is 1.08. The molecule has 0 radical (unpaired) electrons. The first-order valence-electron chi connectivity index (χ1n) is 5.86. The smallest absolute Gasteiger partial charge is 0.113 e. The molecule has 1 heterocycles. The van der Waals surface area contributed by atoms with Crippen molar-refractivity contribution >= 4 is 30.6 Å². The Morgan fingerprint density at radius 2 is 1.94 bits per heavy atom. The summed E-state index contributed by atoms with van der Waals surface area (Å²) in [5, 5.41) is 0. The summed E-state index contributed by atoms with van der Waals surface area (Å²) >= 11 is 1.86. The van der Waals surface area contributed by atoms with E-state index < -0.39 is 0 Å². The SMILES string of the molecule is Cc1cccc(Sc2cccc3c2C=CB3)c1. The van der Waals surface area contributed by atoms with Crippen molar-refractivity contribution in [2.45, 2.75) is 16.7 Å². The van der Waals surface area contributed by atoms with Gasteiger partial charge in [-0.2, -0.15) is 0 Å². The maximum Gasteiger partial charge on any atom is 0.183 e. The van der Waals surface area contributed by atoms with E-state index >= 15 is 0 Å². The van der Waals surface area contributed by atoms with E-state index in [-0.39, 0.29) is 0 Å². The van der Waals surface area contributed by atoms with Crippen molar-refractivity contribution in [2.24, 2.45) is 0 Å². The molecule has 0 spiro atoms. The predicted molar refractivity (Wildman–Crippen MR) is 77.6 cm³/mol. The minimum absolute atomic E-state index is 1.08. The van der Waals surface area contributed by atoms with Crippen molar-refractivity contribution in [3.05, 3.63) is 59.6 Å². The molecule has 1 aliphatic heterocycles. The molecular formula is C15H13BS. The lowest BCUT2D eigenvalue weighted by atomic mass is 9.73. The van der Waals surface area contributed by atoms with Crippen molar-refractivity contribution in [1.82, 2.24) is 0 Å². The molecule has 1 aliphatic rings. The van der Waals surface area contributed by atoms with Crippen LogP contribution in [0.4, 0.5) is 0 Å². The second kappa shape index (κ2) is 4.46. The molecule has 0 aliphatic carbocycles. The minimum Gasteiger partial charge on any atom is -0.113 e. The highest BCUT2D eigenvalue weighted by molar-refractivity contribution is 7.99. The van der Waals surface area contributed by atoms with Gasteiger partial charge in [-0.1, -0.05) is 53.1 Å². The van der Waals surface area contributed by atoms with Crippen LogP contribution in [0.25, 0.3) is 6.08 Å². The Hall–Kier alpha value is -1.41. The summed E-state index contributed by atoms with van der Waals surface area (Å²) < 4.78 is 0. The van der Waals surface area contributed by atoms with Gasteiger partial charge >= 0.3 is 0 Å². The molecule has 0 N–H and O–H groups in total. The Bertz CT molecular complexity index is 587. The van der Waals surface area contributed by atoms with E-state index in [2.05, 4.69) is 61.4 Å². The third-order valence-electron chi connectivity index (χ3n) is 3.00. The fourth-order valence-corrected chi connectivity index (χ4v) is 3.26. The van der Waals surface area contributed by atoms with E-state index in [1.165, 1.54) is 26.4 Å². The quantitative estimate of drug-likeness (QED) is 0.721. The molecule has 17 heavy (non-hydrogen) atoms. The van der Waals surface area contributed by atoms with E-state index in [1.807, 2.05) is 11.8 Å². The van der Waals surface area contributed by atoms with Crippen LogP contribution < -0.4 is 5.46 Å². The molecule has 0 amide bonds. The Labute approximate surface area is 107 Å². The molecule has 2 aromatic carbocycles. The molecule has 0 saturated carbocycles. The number of benzene rings is 2. The maximum absolute atomic E-state index is 2.24. The van der Waals surface area contributed by atoms with Gasteiger partial charge in [-0.15, -0.1) is 5.98 Å². The zero-order valence-corrected chi connectivity index (χ0v) is 10.6. The van der Waals surface area contributed by atoms with E-state index in [0.29, 0.717) is 0 Å². The van der Waals surface area contributed by atoms with Gasteiger partial charge in [0, 0.05) is 9.79 Å². The molecule has 3 rings (SSSR count). The number of rotatable bonds is 2. The van der Waals surface area contributed by atoms with Crippen molar-refractivity contribution in [1.29, 1.82) is 0 Å². The van der Waals surface area contributed by atoms with Crippen LogP contribution in [-0.4, -0.2) is 7.28 Å². The van der Waals surface area contributed by atoms with Gasteiger partial charge in [0.25, 0.3) is 0 Å². The monoisotopic (exact) mass is 236 g/mol. The van der Waals surface area contributed by atoms with E-state index in [1.54, 1.807) is 0 Å². The zero-order valence-electron chi connectivity index (χ0n) is 9.81. The molecule has 0 fully saturated rings.